The van der Waals surface area contributed by atoms with E-state index in [1.807, 2.05) is 40.0 Å². The van der Waals surface area contributed by atoms with E-state index in [1.165, 1.54) is 24.8 Å². The van der Waals surface area contributed by atoms with Crippen molar-refractivity contribution in [2.45, 2.75) is 32.4 Å². The molecule has 0 spiro atoms. The van der Waals surface area contributed by atoms with Crippen molar-refractivity contribution >= 4 is 6.03 Å². The molecule has 4 rings (SSSR count). The summed E-state index contributed by atoms with van der Waals surface area (Å²) in [6, 6.07) is 12.3. The number of nitrogens with zero attached hydrogens (tertiary/aromatic N) is 3. The van der Waals surface area contributed by atoms with Crippen LogP contribution in [0.3, 0.4) is 0 Å². The molecule has 5 heteroatoms. The molecular formula is C19H24N4O. The van der Waals surface area contributed by atoms with Crippen molar-refractivity contribution < 1.29 is 4.79 Å². The van der Waals surface area contributed by atoms with Gasteiger partial charge in [0.25, 0.3) is 0 Å². The zero-order valence-corrected chi connectivity index (χ0v) is 13.9. The summed E-state index contributed by atoms with van der Waals surface area (Å²) in [5, 5.41) is 7.56. The first-order valence-corrected chi connectivity index (χ1v) is 8.87. The molecule has 0 bridgehead atoms. The van der Waals surface area contributed by atoms with Crippen molar-refractivity contribution in [3.8, 4) is 0 Å². The molecule has 0 unspecified atom stereocenters. The Morgan fingerprint density at radius 3 is 2.62 bits per heavy atom. The lowest BCUT2D eigenvalue weighted by molar-refractivity contribution is 0.204. The molecule has 1 aromatic heterocycles. The molecule has 2 fully saturated rings. The second-order valence-corrected chi connectivity index (χ2v) is 7.01. The minimum absolute atomic E-state index is 0.0574. The van der Waals surface area contributed by atoms with E-state index in [0.717, 1.165) is 37.2 Å². The number of amides is 2. The van der Waals surface area contributed by atoms with Gasteiger partial charge in [0.2, 0.25) is 0 Å². The van der Waals surface area contributed by atoms with E-state index in [4.69, 9.17) is 0 Å². The minimum atomic E-state index is 0.0574. The number of likely N-dealkylation sites (tertiary alicyclic amines) is 1. The fraction of sp³-hybridized carbons (Fsp3) is 0.474. The molecule has 1 saturated carbocycles. The molecule has 5 nitrogen and oxygen atoms in total. The molecule has 24 heavy (non-hydrogen) atoms. The summed E-state index contributed by atoms with van der Waals surface area (Å²) in [6.45, 7) is 3.11. The van der Waals surface area contributed by atoms with Crippen LogP contribution in [0.4, 0.5) is 4.79 Å². The second kappa shape index (κ2) is 6.67. The molecule has 2 heterocycles. The monoisotopic (exact) mass is 324 g/mol. The van der Waals surface area contributed by atoms with Crippen LogP contribution in [0.15, 0.2) is 42.6 Å². The van der Waals surface area contributed by atoms with Gasteiger partial charge in [0.05, 0.1) is 18.8 Å². The third-order valence-electron chi connectivity index (χ3n) is 5.32. The number of carbonyl (C=O) groups is 1. The molecule has 1 aromatic carbocycles. The Labute approximate surface area is 142 Å². The number of aromatic nitrogens is 2. The number of carbonyl (C=O) groups excluding carboxylic acids is 1. The van der Waals surface area contributed by atoms with Crippen molar-refractivity contribution in [3.05, 3.63) is 53.9 Å². The van der Waals surface area contributed by atoms with Crippen molar-refractivity contribution in [1.82, 2.24) is 20.0 Å². The fourth-order valence-corrected chi connectivity index (χ4v) is 4.04. The third kappa shape index (κ3) is 3.30. The number of hydrogen-bond acceptors (Lipinski definition) is 2. The van der Waals surface area contributed by atoms with Crippen molar-refractivity contribution in [1.29, 1.82) is 0 Å². The normalized spacial score (nSPS) is 22.6. The van der Waals surface area contributed by atoms with Crippen LogP contribution in [-0.4, -0.2) is 33.8 Å². The van der Waals surface area contributed by atoms with E-state index in [-0.39, 0.29) is 6.03 Å². The lowest BCUT2D eigenvalue weighted by Crippen LogP contribution is -2.38. The zero-order chi connectivity index (χ0) is 16.4. The Balaban J connectivity index is 1.28. The summed E-state index contributed by atoms with van der Waals surface area (Å²) in [7, 11) is 0. The van der Waals surface area contributed by atoms with Gasteiger partial charge in [-0.25, -0.2) is 4.79 Å². The van der Waals surface area contributed by atoms with Gasteiger partial charge in [-0.1, -0.05) is 36.8 Å². The molecule has 2 aromatic rings. The maximum Gasteiger partial charge on any atom is 0.317 e. The predicted octanol–water partition coefficient (Wildman–Crippen LogP) is 2.87. The maximum absolute atomic E-state index is 12.3. The molecule has 126 valence electrons. The summed E-state index contributed by atoms with van der Waals surface area (Å²) in [6.07, 6.45) is 5.88. The quantitative estimate of drug-likeness (QED) is 0.940. The van der Waals surface area contributed by atoms with Gasteiger partial charge in [0, 0.05) is 19.3 Å². The Hall–Kier alpha value is -2.30. The smallest absolute Gasteiger partial charge is 0.317 e. The molecule has 2 atom stereocenters. The van der Waals surface area contributed by atoms with Crippen LogP contribution in [-0.2, 0) is 13.1 Å². The van der Waals surface area contributed by atoms with Gasteiger partial charge in [-0.3, -0.25) is 4.68 Å². The van der Waals surface area contributed by atoms with E-state index in [9.17, 15) is 4.79 Å². The number of urea groups is 1. The first-order chi connectivity index (χ1) is 11.8. The highest BCUT2D eigenvalue weighted by atomic mass is 16.2. The lowest BCUT2D eigenvalue weighted by atomic mass is 10.0. The standard InChI is InChI=1S/C19H24N4O/c24-19(22-13-16-7-4-8-17(16)14-22)20-11-18-9-10-23(21-18)12-15-5-2-1-3-6-15/h1-3,5-6,9-10,16-17H,4,7-8,11-14H2,(H,20,24)/t16-,17-/m1/s1. The largest absolute Gasteiger partial charge is 0.332 e. The predicted molar refractivity (Wildman–Crippen MR) is 92.4 cm³/mol. The number of nitrogens with one attached hydrogen (secondary N) is 1. The van der Waals surface area contributed by atoms with Crippen molar-refractivity contribution in [2.75, 3.05) is 13.1 Å². The van der Waals surface area contributed by atoms with Crippen molar-refractivity contribution in [2.24, 2.45) is 11.8 Å². The van der Waals surface area contributed by atoms with Gasteiger partial charge in [0.15, 0.2) is 0 Å². The van der Waals surface area contributed by atoms with E-state index in [0.29, 0.717) is 6.54 Å². The molecule has 1 N–H and O–H groups in total. The van der Waals surface area contributed by atoms with E-state index >= 15 is 0 Å². The van der Waals surface area contributed by atoms with Gasteiger partial charge in [-0.2, -0.15) is 5.10 Å². The third-order valence-corrected chi connectivity index (χ3v) is 5.32. The maximum atomic E-state index is 12.3. The van der Waals surface area contributed by atoms with E-state index < -0.39 is 0 Å². The van der Waals surface area contributed by atoms with Gasteiger partial charge >= 0.3 is 6.03 Å². The Kier molecular flexibility index (Phi) is 4.24. The topological polar surface area (TPSA) is 50.2 Å². The van der Waals surface area contributed by atoms with E-state index in [1.54, 1.807) is 0 Å². The summed E-state index contributed by atoms with van der Waals surface area (Å²) in [5.41, 5.74) is 2.12. The highest BCUT2D eigenvalue weighted by Crippen LogP contribution is 2.37. The first-order valence-electron chi connectivity index (χ1n) is 8.87. The molecule has 1 aliphatic heterocycles. The van der Waals surface area contributed by atoms with Crippen LogP contribution in [0.5, 0.6) is 0 Å². The van der Waals surface area contributed by atoms with Crippen LogP contribution >= 0.6 is 0 Å². The highest BCUT2D eigenvalue weighted by molar-refractivity contribution is 5.74. The minimum Gasteiger partial charge on any atom is -0.332 e. The number of benzene rings is 1. The molecule has 2 amide bonds. The second-order valence-electron chi connectivity index (χ2n) is 7.01. The Bertz CT molecular complexity index is 684. The van der Waals surface area contributed by atoms with Gasteiger partial charge in [0.1, 0.15) is 0 Å². The zero-order valence-electron chi connectivity index (χ0n) is 13.9. The molecule has 1 saturated heterocycles. The van der Waals surface area contributed by atoms with Gasteiger partial charge < -0.3 is 10.2 Å². The average molecular weight is 324 g/mol. The van der Waals surface area contributed by atoms with Crippen LogP contribution in [0, 0.1) is 11.8 Å². The summed E-state index contributed by atoms with van der Waals surface area (Å²) < 4.78 is 1.91. The Morgan fingerprint density at radius 2 is 1.88 bits per heavy atom. The van der Waals surface area contributed by atoms with Crippen LogP contribution in [0.1, 0.15) is 30.5 Å². The van der Waals surface area contributed by atoms with Gasteiger partial charge in [-0.15, -0.1) is 0 Å². The first kappa shape index (κ1) is 15.2. The molecule has 2 aliphatic rings. The number of rotatable bonds is 4. The van der Waals surface area contributed by atoms with Crippen LogP contribution < -0.4 is 5.32 Å². The Morgan fingerprint density at radius 1 is 1.12 bits per heavy atom. The van der Waals surface area contributed by atoms with Crippen molar-refractivity contribution in [3.63, 3.8) is 0 Å². The average Bonchev–Trinajstić information content (AvgIpc) is 3.29. The molecule has 0 radical (unpaired) electrons. The highest BCUT2D eigenvalue weighted by Gasteiger charge is 2.37. The fourth-order valence-electron chi connectivity index (χ4n) is 4.04. The number of fused-ring (bicyclic) bond motifs is 1. The summed E-state index contributed by atoms with van der Waals surface area (Å²) >= 11 is 0. The molecular weight excluding hydrogens is 300 g/mol. The van der Waals surface area contributed by atoms with Crippen LogP contribution in [0.2, 0.25) is 0 Å². The molecule has 1 aliphatic carbocycles. The summed E-state index contributed by atoms with van der Waals surface area (Å²) in [5.74, 6) is 1.47. The SMILES string of the molecule is O=C(NCc1ccn(Cc2ccccc2)n1)N1C[C@H]2CCC[C@@H]2C1. The number of hydrogen-bond donors (Lipinski definition) is 1. The van der Waals surface area contributed by atoms with Crippen LogP contribution in [0.25, 0.3) is 0 Å². The van der Waals surface area contributed by atoms with E-state index in [2.05, 4.69) is 22.5 Å². The summed E-state index contributed by atoms with van der Waals surface area (Å²) in [4.78, 5) is 14.3. The van der Waals surface area contributed by atoms with Gasteiger partial charge in [-0.05, 0) is 36.3 Å². The lowest BCUT2D eigenvalue weighted by Gasteiger charge is -2.17.